The van der Waals surface area contributed by atoms with Crippen LogP contribution in [0.1, 0.15) is 106 Å². The lowest BCUT2D eigenvalue weighted by Gasteiger charge is -2.32. The Balaban J connectivity index is 2.24. The molecule has 0 saturated carbocycles. The SMILES string of the molecule is C[C@H](NC(=O)[C@@H](NC(=O)[C@H](CNC(=O)OC(C)(C)C)NC(=O)c1ccc(-c2ccc(Cl)cc2)cc1)[C@@H](C)OC(C)(C)C)C(=O)N[C@@H](CCCCNC(=O)OC(C)(C)C)C(=O)O. The van der Waals surface area contributed by atoms with E-state index in [1.165, 1.54) is 13.8 Å². The summed E-state index contributed by atoms with van der Waals surface area (Å²) in [6.07, 6.45) is -1.70. The van der Waals surface area contributed by atoms with Crippen LogP contribution in [-0.4, -0.2) is 107 Å². The summed E-state index contributed by atoms with van der Waals surface area (Å²) >= 11 is 6.02. The van der Waals surface area contributed by atoms with Crippen LogP contribution in [0.3, 0.4) is 0 Å². The molecule has 0 saturated heterocycles. The van der Waals surface area contributed by atoms with Gasteiger partial charge in [-0.3, -0.25) is 19.2 Å². The molecule has 0 fully saturated rings. The third-order valence-electron chi connectivity index (χ3n) is 8.34. The third kappa shape index (κ3) is 20.1. The number of carboxylic acids is 1. The number of carboxylic acid groups (broad SMARTS) is 1. The largest absolute Gasteiger partial charge is 0.480 e. The van der Waals surface area contributed by atoms with Crippen molar-refractivity contribution in [1.29, 1.82) is 0 Å². The van der Waals surface area contributed by atoms with Gasteiger partial charge in [0.2, 0.25) is 17.7 Å². The minimum Gasteiger partial charge on any atom is -0.480 e. The van der Waals surface area contributed by atoms with Crippen LogP contribution >= 0.6 is 11.6 Å². The molecule has 6 amide bonds. The first-order valence-corrected chi connectivity index (χ1v) is 20.4. The minimum absolute atomic E-state index is 0.0316. The smallest absolute Gasteiger partial charge is 0.407 e. The summed E-state index contributed by atoms with van der Waals surface area (Å²) < 4.78 is 16.5. The van der Waals surface area contributed by atoms with E-state index in [9.17, 15) is 38.7 Å². The first-order valence-electron chi connectivity index (χ1n) is 20.1. The highest BCUT2D eigenvalue weighted by Gasteiger charge is 2.35. The normalized spacial score (nSPS) is 14.2. The number of alkyl carbamates (subject to hydrolysis) is 2. The topological polar surface area (TPSA) is 240 Å². The standard InChI is InChI=1S/C43H63ClN6O11/c1-25(34(51)48-31(38(55)56)14-12-13-23-45-39(57)60-42(6,7)8)47-37(54)33(26(2)59-41(3,4)5)50-36(53)32(24-46-40(58)61-43(9,10)11)49-35(52)29-17-15-27(16-18-29)28-19-21-30(44)22-20-28/h15-22,25-26,31-33H,12-14,23-24H2,1-11H3,(H,45,57)(H,46,58)(H,47,54)(H,48,51)(H,49,52)(H,50,53)(H,55,56)/t25-,26+,31-,32-,33-/m0/s1. The average molecular weight is 875 g/mol. The number of halogens is 1. The predicted octanol–water partition coefficient (Wildman–Crippen LogP) is 5.09. The van der Waals surface area contributed by atoms with Crippen molar-refractivity contribution in [3.63, 3.8) is 0 Å². The summed E-state index contributed by atoms with van der Waals surface area (Å²) in [7, 11) is 0. The molecule has 338 valence electrons. The van der Waals surface area contributed by atoms with Gasteiger partial charge in [0, 0.05) is 17.1 Å². The summed E-state index contributed by atoms with van der Waals surface area (Å²) in [5.74, 6) is -4.50. The van der Waals surface area contributed by atoms with Gasteiger partial charge in [0.05, 0.1) is 18.2 Å². The van der Waals surface area contributed by atoms with Gasteiger partial charge >= 0.3 is 18.2 Å². The molecule has 0 radical (unpaired) electrons. The van der Waals surface area contributed by atoms with Crippen molar-refractivity contribution in [3.05, 3.63) is 59.1 Å². The number of nitrogens with one attached hydrogen (secondary N) is 6. The van der Waals surface area contributed by atoms with E-state index >= 15 is 0 Å². The van der Waals surface area contributed by atoms with Crippen molar-refractivity contribution in [3.8, 4) is 11.1 Å². The molecule has 0 aliphatic carbocycles. The Bertz CT molecular complexity index is 1820. The Morgan fingerprint density at radius 3 is 1.66 bits per heavy atom. The van der Waals surface area contributed by atoms with Crippen LogP contribution < -0.4 is 31.9 Å². The highest BCUT2D eigenvalue weighted by atomic mass is 35.5. The molecule has 17 nitrogen and oxygen atoms in total. The zero-order valence-corrected chi connectivity index (χ0v) is 37.7. The zero-order chi connectivity index (χ0) is 46.3. The van der Waals surface area contributed by atoms with Gasteiger partial charge in [0.1, 0.15) is 35.4 Å². The van der Waals surface area contributed by atoms with Crippen molar-refractivity contribution in [1.82, 2.24) is 31.9 Å². The maximum atomic E-state index is 14.0. The minimum atomic E-state index is -1.45. The Labute approximate surface area is 363 Å². The molecular weight excluding hydrogens is 812 g/mol. The number of benzene rings is 2. The molecule has 18 heteroatoms. The van der Waals surface area contributed by atoms with E-state index in [1.54, 1.807) is 98.7 Å². The first-order chi connectivity index (χ1) is 28.1. The first kappa shape index (κ1) is 51.7. The Morgan fingerprint density at radius 1 is 0.623 bits per heavy atom. The maximum absolute atomic E-state index is 14.0. The molecular formula is C43H63ClN6O11. The second kappa shape index (κ2) is 23.0. The van der Waals surface area contributed by atoms with Crippen molar-refractivity contribution >= 4 is 53.4 Å². The number of rotatable bonds is 19. The van der Waals surface area contributed by atoms with E-state index in [-0.39, 0.29) is 18.5 Å². The number of carbonyl (C=O) groups excluding carboxylic acids is 6. The molecule has 0 unspecified atom stereocenters. The molecule has 0 heterocycles. The number of hydrogen-bond acceptors (Lipinski definition) is 10. The predicted molar refractivity (Wildman–Crippen MR) is 230 cm³/mol. The van der Waals surface area contributed by atoms with Crippen LogP contribution in [0.25, 0.3) is 11.1 Å². The molecule has 2 rings (SSSR count). The summed E-state index contributed by atoms with van der Waals surface area (Å²) in [6.45, 7) is 18.0. The third-order valence-corrected chi connectivity index (χ3v) is 8.59. The van der Waals surface area contributed by atoms with Crippen LogP contribution in [0, 0.1) is 0 Å². The van der Waals surface area contributed by atoms with Gasteiger partial charge in [-0.25, -0.2) is 14.4 Å². The van der Waals surface area contributed by atoms with Crippen LogP contribution in [-0.2, 0) is 33.4 Å². The van der Waals surface area contributed by atoms with Gasteiger partial charge < -0.3 is 51.2 Å². The molecule has 5 atom stereocenters. The van der Waals surface area contributed by atoms with Crippen LogP contribution in [0.15, 0.2) is 48.5 Å². The van der Waals surface area contributed by atoms with Crippen LogP contribution in [0.4, 0.5) is 9.59 Å². The van der Waals surface area contributed by atoms with Gasteiger partial charge in [0.25, 0.3) is 5.91 Å². The second-order valence-electron chi connectivity index (χ2n) is 17.5. The monoisotopic (exact) mass is 874 g/mol. The summed E-state index contributed by atoms with van der Waals surface area (Å²) in [5.41, 5.74) is -0.472. The summed E-state index contributed by atoms with van der Waals surface area (Å²) in [5, 5.41) is 25.6. The number of aliphatic carboxylic acids is 1. The molecule has 0 bridgehead atoms. The van der Waals surface area contributed by atoms with Crippen molar-refractivity contribution < 1.29 is 52.9 Å². The molecule has 0 aliphatic rings. The van der Waals surface area contributed by atoms with Crippen molar-refractivity contribution in [2.75, 3.05) is 13.1 Å². The summed E-state index contributed by atoms with van der Waals surface area (Å²) in [4.78, 5) is 91.1. The lowest BCUT2D eigenvalue weighted by Crippen LogP contribution is -2.62. The number of hydrogen-bond donors (Lipinski definition) is 7. The van der Waals surface area contributed by atoms with Gasteiger partial charge in [0.15, 0.2) is 0 Å². The average Bonchev–Trinajstić information content (AvgIpc) is 3.12. The van der Waals surface area contributed by atoms with E-state index in [0.717, 1.165) is 11.1 Å². The van der Waals surface area contributed by atoms with Gasteiger partial charge in [-0.1, -0.05) is 35.9 Å². The zero-order valence-electron chi connectivity index (χ0n) is 36.9. The van der Waals surface area contributed by atoms with E-state index < -0.39 is 95.4 Å². The van der Waals surface area contributed by atoms with E-state index in [0.29, 0.717) is 17.9 Å². The summed E-state index contributed by atoms with van der Waals surface area (Å²) in [6, 6.07) is 8.25. The number of unbranched alkanes of at least 4 members (excludes halogenated alkanes) is 1. The maximum Gasteiger partial charge on any atom is 0.407 e. The highest BCUT2D eigenvalue weighted by Crippen LogP contribution is 2.22. The molecule has 61 heavy (non-hydrogen) atoms. The Hall–Kier alpha value is -5.42. The van der Waals surface area contributed by atoms with Crippen molar-refractivity contribution in [2.24, 2.45) is 0 Å². The molecule has 0 aliphatic heterocycles. The number of amides is 6. The van der Waals surface area contributed by atoms with E-state index in [4.69, 9.17) is 25.8 Å². The molecule has 2 aromatic rings. The molecule has 2 aromatic carbocycles. The lowest BCUT2D eigenvalue weighted by molar-refractivity contribution is -0.143. The Kier molecular flexibility index (Phi) is 19.5. The molecule has 0 aromatic heterocycles. The lowest BCUT2D eigenvalue weighted by atomic mass is 10.0. The molecule has 7 N–H and O–H groups in total. The van der Waals surface area contributed by atoms with Gasteiger partial charge in [-0.2, -0.15) is 0 Å². The highest BCUT2D eigenvalue weighted by molar-refractivity contribution is 6.30. The quantitative estimate of drug-likeness (QED) is 0.0918. The fourth-order valence-corrected chi connectivity index (χ4v) is 5.71. The number of ether oxygens (including phenoxy) is 3. The van der Waals surface area contributed by atoms with Crippen LogP contribution in [0.2, 0.25) is 5.02 Å². The second-order valence-corrected chi connectivity index (χ2v) is 17.9. The number of carbonyl (C=O) groups is 7. The van der Waals surface area contributed by atoms with E-state index in [2.05, 4.69) is 31.9 Å². The van der Waals surface area contributed by atoms with E-state index in [1.807, 2.05) is 12.1 Å². The Morgan fingerprint density at radius 2 is 1.15 bits per heavy atom. The fourth-order valence-electron chi connectivity index (χ4n) is 5.58. The molecule has 0 spiro atoms. The van der Waals surface area contributed by atoms with Gasteiger partial charge in [-0.15, -0.1) is 0 Å². The van der Waals surface area contributed by atoms with Gasteiger partial charge in [-0.05, 0) is 131 Å². The fraction of sp³-hybridized carbons (Fsp3) is 0.558. The van der Waals surface area contributed by atoms with Crippen molar-refractivity contribution in [2.45, 2.75) is 142 Å². The van der Waals surface area contributed by atoms with Crippen LogP contribution in [0.5, 0.6) is 0 Å².